The fourth-order valence-electron chi connectivity index (χ4n) is 2.04. The zero-order valence-corrected chi connectivity index (χ0v) is 14.4. The first-order valence-electron chi connectivity index (χ1n) is 6.48. The van der Waals surface area contributed by atoms with Gasteiger partial charge in [0.05, 0.1) is 6.33 Å². The summed E-state index contributed by atoms with van der Waals surface area (Å²) in [5.41, 5.74) is 0.976. The average Bonchev–Trinajstić information content (AvgIpc) is 3.01. The van der Waals surface area contributed by atoms with E-state index < -0.39 is 0 Å². The highest BCUT2D eigenvalue weighted by Gasteiger charge is 2.18. The number of imidazole rings is 1. The van der Waals surface area contributed by atoms with E-state index in [4.69, 9.17) is 34.8 Å². The number of nitrogens with zero attached hydrogens (tertiary/aromatic N) is 2. The van der Waals surface area contributed by atoms with Crippen molar-refractivity contribution in [1.29, 1.82) is 0 Å². The molecule has 112 valence electrons. The van der Waals surface area contributed by atoms with E-state index in [0.29, 0.717) is 15.1 Å². The molecule has 0 aliphatic rings. The van der Waals surface area contributed by atoms with Crippen molar-refractivity contribution in [2.75, 3.05) is 0 Å². The predicted molar refractivity (Wildman–Crippen MR) is 94.1 cm³/mol. The molecule has 0 N–H and O–H groups in total. The van der Waals surface area contributed by atoms with Gasteiger partial charge in [0, 0.05) is 37.9 Å². The first-order chi connectivity index (χ1) is 10.6. The molecule has 2 nitrogen and oxygen atoms in total. The highest BCUT2D eigenvalue weighted by Crippen LogP contribution is 2.40. The van der Waals surface area contributed by atoms with Crippen LogP contribution in [0.25, 0.3) is 0 Å². The minimum atomic E-state index is -0.0338. The number of rotatable bonds is 4. The van der Waals surface area contributed by atoms with Gasteiger partial charge in [-0.3, -0.25) is 0 Å². The van der Waals surface area contributed by atoms with E-state index in [0.717, 1.165) is 10.5 Å². The van der Waals surface area contributed by atoms with Crippen LogP contribution in [0.5, 0.6) is 0 Å². The predicted octanol–water partition coefficient (Wildman–Crippen LogP) is 6.18. The normalized spacial score (nSPS) is 12.3. The molecule has 0 saturated heterocycles. The van der Waals surface area contributed by atoms with Crippen LogP contribution in [0.4, 0.5) is 0 Å². The fraction of sp³-hybridized carbons (Fsp3) is 0.0625. The molecular weight excluding hydrogens is 359 g/mol. The van der Waals surface area contributed by atoms with Gasteiger partial charge in [-0.25, -0.2) is 4.98 Å². The number of thioether (sulfide) groups is 1. The number of aromatic nitrogens is 2. The van der Waals surface area contributed by atoms with Crippen LogP contribution in [-0.2, 0) is 0 Å². The molecule has 1 aromatic heterocycles. The molecule has 0 aliphatic carbocycles. The van der Waals surface area contributed by atoms with Crippen LogP contribution in [0, 0.1) is 0 Å². The lowest BCUT2D eigenvalue weighted by Crippen LogP contribution is -2.05. The van der Waals surface area contributed by atoms with Gasteiger partial charge in [0.1, 0.15) is 5.37 Å². The molecule has 0 aliphatic heterocycles. The van der Waals surface area contributed by atoms with E-state index in [9.17, 15) is 0 Å². The smallest absolute Gasteiger partial charge is 0.112 e. The molecular formula is C16H11Cl3N2S. The molecule has 22 heavy (non-hydrogen) atoms. The second kappa shape index (κ2) is 6.97. The maximum Gasteiger partial charge on any atom is 0.112 e. The van der Waals surface area contributed by atoms with Crippen molar-refractivity contribution in [2.45, 2.75) is 10.3 Å². The number of halogens is 3. The number of benzene rings is 2. The molecule has 0 radical (unpaired) electrons. The van der Waals surface area contributed by atoms with Crippen molar-refractivity contribution in [2.24, 2.45) is 0 Å². The standard InChI is InChI=1S/C16H11Cl3N2S/c17-11-1-4-13(5-2-11)22-16(21-8-7-20-10-21)14-6-3-12(18)9-15(14)19/h1-10,16H. The summed E-state index contributed by atoms with van der Waals surface area (Å²) < 4.78 is 2.01. The zero-order valence-electron chi connectivity index (χ0n) is 11.3. The van der Waals surface area contributed by atoms with E-state index in [2.05, 4.69) is 4.98 Å². The summed E-state index contributed by atoms with van der Waals surface area (Å²) in [6.45, 7) is 0. The van der Waals surface area contributed by atoms with Crippen molar-refractivity contribution in [1.82, 2.24) is 9.55 Å². The molecule has 0 bridgehead atoms. The van der Waals surface area contributed by atoms with Gasteiger partial charge in [-0.1, -0.05) is 52.6 Å². The zero-order chi connectivity index (χ0) is 15.5. The Morgan fingerprint density at radius 1 is 0.955 bits per heavy atom. The highest BCUT2D eigenvalue weighted by molar-refractivity contribution is 7.99. The van der Waals surface area contributed by atoms with Gasteiger partial charge in [0.15, 0.2) is 0 Å². The minimum Gasteiger partial charge on any atom is -0.320 e. The lowest BCUT2D eigenvalue weighted by atomic mass is 10.2. The van der Waals surface area contributed by atoms with Crippen LogP contribution >= 0.6 is 46.6 Å². The Kier molecular flexibility index (Phi) is 4.99. The maximum atomic E-state index is 6.38. The highest BCUT2D eigenvalue weighted by atomic mass is 35.5. The second-order valence-corrected chi connectivity index (χ2v) is 7.03. The lowest BCUT2D eigenvalue weighted by Gasteiger charge is -2.20. The quantitative estimate of drug-likeness (QED) is 0.511. The Bertz CT molecular complexity index is 758. The van der Waals surface area contributed by atoms with E-state index in [1.807, 2.05) is 47.2 Å². The molecule has 0 fully saturated rings. The van der Waals surface area contributed by atoms with Gasteiger partial charge >= 0.3 is 0 Å². The van der Waals surface area contributed by atoms with Crippen molar-refractivity contribution in [3.63, 3.8) is 0 Å². The Morgan fingerprint density at radius 3 is 2.32 bits per heavy atom. The Balaban J connectivity index is 1.99. The van der Waals surface area contributed by atoms with Crippen molar-refractivity contribution >= 4 is 46.6 Å². The van der Waals surface area contributed by atoms with Gasteiger partial charge in [0.2, 0.25) is 0 Å². The number of hydrogen-bond donors (Lipinski definition) is 0. The summed E-state index contributed by atoms with van der Waals surface area (Å²) in [5, 5.41) is 1.93. The van der Waals surface area contributed by atoms with Crippen LogP contribution in [0.3, 0.4) is 0 Å². The van der Waals surface area contributed by atoms with Crippen LogP contribution in [0.1, 0.15) is 10.9 Å². The topological polar surface area (TPSA) is 17.8 Å². The Labute approximate surface area is 148 Å². The molecule has 0 amide bonds. The molecule has 1 unspecified atom stereocenters. The van der Waals surface area contributed by atoms with Gasteiger partial charge in [-0.15, -0.1) is 0 Å². The average molecular weight is 370 g/mol. The van der Waals surface area contributed by atoms with Crippen LogP contribution in [-0.4, -0.2) is 9.55 Å². The third-order valence-electron chi connectivity index (χ3n) is 3.09. The van der Waals surface area contributed by atoms with E-state index in [1.165, 1.54) is 0 Å². The molecule has 3 rings (SSSR count). The second-order valence-electron chi connectivity index (χ2n) is 4.60. The molecule has 2 aromatic carbocycles. The fourth-order valence-corrected chi connectivity index (χ4v) is 3.87. The Morgan fingerprint density at radius 2 is 1.68 bits per heavy atom. The number of hydrogen-bond acceptors (Lipinski definition) is 2. The van der Waals surface area contributed by atoms with Gasteiger partial charge < -0.3 is 4.57 Å². The van der Waals surface area contributed by atoms with Crippen LogP contribution < -0.4 is 0 Å². The summed E-state index contributed by atoms with van der Waals surface area (Å²) >= 11 is 20.0. The summed E-state index contributed by atoms with van der Waals surface area (Å²) in [6, 6.07) is 13.3. The summed E-state index contributed by atoms with van der Waals surface area (Å²) in [6.07, 6.45) is 5.44. The lowest BCUT2D eigenvalue weighted by molar-refractivity contribution is 0.775. The van der Waals surface area contributed by atoms with E-state index in [-0.39, 0.29) is 5.37 Å². The first-order valence-corrected chi connectivity index (χ1v) is 8.49. The molecule has 6 heteroatoms. The summed E-state index contributed by atoms with van der Waals surface area (Å²) in [7, 11) is 0. The Hall–Kier alpha value is -1.13. The van der Waals surface area contributed by atoms with Crippen molar-refractivity contribution < 1.29 is 0 Å². The summed E-state index contributed by atoms with van der Waals surface area (Å²) in [5.74, 6) is 0. The van der Waals surface area contributed by atoms with Crippen molar-refractivity contribution in [3.8, 4) is 0 Å². The van der Waals surface area contributed by atoms with Gasteiger partial charge in [-0.2, -0.15) is 0 Å². The van der Waals surface area contributed by atoms with Crippen molar-refractivity contribution in [3.05, 3.63) is 81.8 Å². The SMILES string of the molecule is Clc1ccc(SC(c2ccc(Cl)cc2Cl)n2ccnc2)cc1. The molecule has 3 aromatic rings. The largest absolute Gasteiger partial charge is 0.320 e. The maximum absolute atomic E-state index is 6.38. The first kappa shape index (κ1) is 15.8. The summed E-state index contributed by atoms with van der Waals surface area (Å²) in [4.78, 5) is 5.22. The molecule has 1 atom stereocenters. The van der Waals surface area contributed by atoms with Crippen LogP contribution in [0.2, 0.25) is 15.1 Å². The van der Waals surface area contributed by atoms with E-state index in [1.54, 1.807) is 30.4 Å². The third kappa shape index (κ3) is 3.61. The molecule has 0 spiro atoms. The van der Waals surface area contributed by atoms with Gasteiger partial charge in [0.25, 0.3) is 0 Å². The minimum absolute atomic E-state index is 0.0338. The van der Waals surface area contributed by atoms with E-state index >= 15 is 0 Å². The monoisotopic (exact) mass is 368 g/mol. The van der Waals surface area contributed by atoms with Gasteiger partial charge in [-0.05, 0) is 36.4 Å². The third-order valence-corrected chi connectivity index (χ3v) is 5.16. The van der Waals surface area contributed by atoms with Crippen LogP contribution in [0.15, 0.2) is 66.1 Å². The molecule has 0 saturated carbocycles. The molecule has 1 heterocycles.